The predicted octanol–water partition coefficient (Wildman–Crippen LogP) is 1.64. The molecule has 0 spiro atoms. The van der Waals surface area contributed by atoms with E-state index in [1.807, 2.05) is 0 Å². The van der Waals surface area contributed by atoms with Gasteiger partial charge in [-0.3, -0.25) is 18.7 Å². The summed E-state index contributed by atoms with van der Waals surface area (Å²) in [5.74, 6) is -4.00. The van der Waals surface area contributed by atoms with Gasteiger partial charge in [-0.2, -0.15) is 16.8 Å². The Hall–Kier alpha value is -3.00. The summed E-state index contributed by atoms with van der Waals surface area (Å²) in [4.78, 5) is 27.0. The summed E-state index contributed by atoms with van der Waals surface area (Å²) in [5.41, 5.74) is 1.66. The summed E-state index contributed by atoms with van der Waals surface area (Å²) in [6.07, 6.45) is 0.0168. The molecule has 0 saturated carbocycles. The predicted molar refractivity (Wildman–Crippen MR) is 124 cm³/mol. The lowest BCUT2D eigenvalue weighted by molar-refractivity contribution is -0.137. The van der Waals surface area contributed by atoms with Crippen molar-refractivity contribution in [1.29, 1.82) is 0 Å². The Morgan fingerprint density at radius 2 is 1.50 bits per heavy atom. The molecule has 0 radical (unpaired) electrons. The number of carbonyl (C=O) groups excluding carboxylic acids is 1. The van der Waals surface area contributed by atoms with Crippen molar-refractivity contribution >= 4 is 43.5 Å². The number of rotatable bonds is 10. The maximum absolute atomic E-state index is 12.9. The molecule has 4 N–H and O–H groups in total. The quantitative estimate of drug-likeness (QED) is 0.270. The van der Waals surface area contributed by atoms with E-state index in [1.165, 1.54) is 6.07 Å². The number of hydrogen-bond donors (Lipinski definition) is 4. The number of fused-ring (bicyclic) bond motifs is 2. The van der Waals surface area contributed by atoms with Gasteiger partial charge in [0.2, 0.25) is 0 Å². The van der Waals surface area contributed by atoms with Gasteiger partial charge in [0.05, 0.1) is 11.5 Å². The Balaban J connectivity index is 2.00. The van der Waals surface area contributed by atoms with Crippen LogP contribution in [-0.4, -0.2) is 67.5 Å². The number of hydrogen-bond acceptors (Lipinski definition) is 7. The molecule has 1 unspecified atom stereocenters. The number of nitrogens with zero attached hydrogens (tertiary/aromatic N) is 1. The van der Waals surface area contributed by atoms with Crippen molar-refractivity contribution < 1.29 is 40.6 Å². The molecule has 0 bridgehead atoms. The van der Waals surface area contributed by atoms with E-state index in [0.717, 1.165) is 0 Å². The van der Waals surface area contributed by atoms with Crippen LogP contribution in [0, 0.1) is 0 Å². The molecule has 13 heteroatoms. The standard InChI is InChI=1S/C21H24N2O9S2/c24-20(22-10-4-12-33(27,28)29)15-7-3-9-17-18(15)19(21(25)26)14-6-1-2-8-16(14)23(17)11-5-13-34(30,31)32/h1-3,6-9,19H,4-5,10-13H2,(H,22,24)(H,25,26)(H,27,28,29)(H,30,31,32). The molecule has 2 aromatic rings. The summed E-state index contributed by atoms with van der Waals surface area (Å²) in [6.45, 7) is 0.0737. The average molecular weight is 513 g/mol. The van der Waals surface area contributed by atoms with Crippen molar-refractivity contribution in [2.24, 2.45) is 0 Å². The first-order valence-electron chi connectivity index (χ1n) is 10.3. The number of para-hydroxylation sites is 1. The number of carbonyl (C=O) groups is 2. The van der Waals surface area contributed by atoms with Gasteiger partial charge in [-0.1, -0.05) is 24.3 Å². The number of nitrogens with one attached hydrogen (secondary N) is 1. The van der Waals surface area contributed by atoms with E-state index in [1.54, 1.807) is 41.3 Å². The molecule has 1 heterocycles. The Kier molecular flexibility index (Phi) is 7.60. The number of carboxylic acid groups (broad SMARTS) is 1. The molecule has 0 aliphatic carbocycles. The maximum Gasteiger partial charge on any atom is 0.315 e. The zero-order valence-electron chi connectivity index (χ0n) is 17.9. The van der Waals surface area contributed by atoms with Crippen LogP contribution in [0.5, 0.6) is 0 Å². The van der Waals surface area contributed by atoms with Gasteiger partial charge in [0.1, 0.15) is 5.92 Å². The molecule has 2 aromatic carbocycles. The fourth-order valence-electron chi connectivity index (χ4n) is 4.01. The highest BCUT2D eigenvalue weighted by Crippen LogP contribution is 2.47. The fourth-order valence-corrected chi connectivity index (χ4v) is 5.01. The van der Waals surface area contributed by atoms with Crippen LogP contribution in [0.25, 0.3) is 0 Å². The summed E-state index contributed by atoms with van der Waals surface area (Å²) in [6, 6.07) is 11.3. The molecule has 1 aliphatic heterocycles. The van der Waals surface area contributed by atoms with Crippen LogP contribution in [0.2, 0.25) is 0 Å². The Labute approximate surface area is 196 Å². The smallest absolute Gasteiger partial charge is 0.315 e. The number of benzene rings is 2. The summed E-state index contributed by atoms with van der Waals surface area (Å²) in [7, 11) is -8.37. The Morgan fingerprint density at radius 1 is 0.882 bits per heavy atom. The molecule has 1 atom stereocenters. The van der Waals surface area contributed by atoms with E-state index in [4.69, 9.17) is 9.11 Å². The van der Waals surface area contributed by atoms with E-state index < -0.39 is 49.5 Å². The summed E-state index contributed by atoms with van der Waals surface area (Å²) in [5, 5.41) is 12.6. The molecule has 11 nitrogen and oxygen atoms in total. The Bertz CT molecular complexity index is 1310. The van der Waals surface area contributed by atoms with Gasteiger partial charge in [0.15, 0.2) is 0 Å². The fraction of sp³-hybridized carbons (Fsp3) is 0.333. The minimum absolute atomic E-state index is 0.0352. The highest BCUT2D eigenvalue weighted by molar-refractivity contribution is 7.86. The Morgan fingerprint density at radius 3 is 2.15 bits per heavy atom. The lowest BCUT2D eigenvalue weighted by Crippen LogP contribution is -2.33. The third-order valence-electron chi connectivity index (χ3n) is 5.34. The van der Waals surface area contributed by atoms with E-state index >= 15 is 0 Å². The molecular weight excluding hydrogens is 488 g/mol. The number of amides is 1. The molecule has 0 aromatic heterocycles. The zero-order valence-corrected chi connectivity index (χ0v) is 19.5. The molecule has 34 heavy (non-hydrogen) atoms. The molecule has 3 rings (SSSR count). The first-order valence-corrected chi connectivity index (χ1v) is 13.5. The van der Waals surface area contributed by atoms with E-state index in [0.29, 0.717) is 16.9 Å². The van der Waals surface area contributed by atoms with Gasteiger partial charge in [-0.25, -0.2) is 0 Å². The molecule has 0 fully saturated rings. The van der Waals surface area contributed by atoms with E-state index in [9.17, 15) is 31.5 Å². The van der Waals surface area contributed by atoms with Crippen molar-refractivity contribution in [3.8, 4) is 0 Å². The molecule has 1 aliphatic rings. The highest BCUT2D eigenvalue weighted by atomic mass is 32.2. The van der Waals surface area contributed by atoms with Gasteiger partial charge < -0.3 is 15.3 Å². The van der Waals surface area contributed by atoms with Gasteiger partial charge in [0.25, 0.3) is 26.1 Å². The highest BCUT2D eigenvalue weighted by Gasteiger charge is 2.37. The maximum atomic E-state index is 12.9. The molecule has 184 valence electrons. The van der Waals surface area contributed by atoms with Crippen molar-refractivity contribution in [1.82, 2.24) is 5.32 Å². The number of carboxylic acids is 1. The lowest BCUT2D eigenvalue weighted by atomic mass is 9.82. The van der Waals surface area contributed by atoms with Gasteiger partial charge in [-0.15, -0.1) is 0 Å². The zero-order chi connectivity index (χ0) is 25.1. The summed E-state index contributed by atoms with van der Waals surface area (Å²) >= 11 is 0. The van der Waals surface area contributed by atoms with Crippen LogP contribution < -0.4 is 10.2 Å². The largest absolute Gasteiger partial charge is 0.481 e. The van der Waals surface area contributed by atoms with Crippen molar-refractivity contribution in [2.75, 3.05) is 29.5 Å². The molecule has 0 saturated heterocycles. The van der Waals surface area contributed by atoms with Gasteiger partial charge >= 0.3 is 5.97 Å². The van der Waals surface area contributed by atoms with E-state index in [2.05, 4.69) is 5.32 Å². The first kappa shape index (κ1) is 25.6. The minimum Gasteiger partial charge on any atom is -0.481 e. The van der Waals surface area contributed by atoms with Crippen LogP contribution in [0.1, 0.15) is 40.2 Å². The minimum atomic E-state index is -4.19. The number of anilines is 2. The van der Waals surface area contributed by atoms with Crippen LogP contribution in [0.4, 0.5) is 11.4 Å². The van der Waals surface area contributed by atoms with Crippen LogP contribution in [-0.2, 0) is 25.0 Å². The van der Waals surface area contributed by atoms with Crippen molar-refractivity contribution in [3.63, 3.8) is 0 Å². The average Bonchev–Trinajstić information content (AvgIpc) is 2.74. The first-order chi connectivity index (χ1) is 15.9. The van der Waals surface area contributed by atoms with E-state index in [-0.39, 0.29) is 37.1 Å². The third-order valence-corrected chi connectivity index (χ3v) is 6.95. The topological polar surface area (TPSA) is 178 Å². The third kappa shape index (κ3) is 6.11. The van der Waals surface area contributed by atoms with Crippen LogP contribution >= 0.6 is 0 Å². The second-order valence-electron chi connectivity index (χ2n) is 7.76. The van der Waals surface area contributed by atoms with Gasteiger partial charge in [-0.05, 0) is 36.6 Å². The SMILES string of the molecule is O=C(NCCCS(=O)(=O)O)c1cccc2c1C(C(=O)O)c1ccccc1N2CCCS(=O)(=O)O. The van der Waals surface area contributed by atoms with Crippen molar-refractivity contribution in [2.45, 2.75) is 18.8 Å². The second kappa shape index (κ2) is 10.1. The monoisotopic (exact) mass is 512 g/mol. The number of aliphatic carboxylic acids is 1. The molecular formula is C21H24N2O9S2. The van der Waals surface area contributed by atoms with Crippen molar-refractivity contribution in [3.05, 3.63) is 59.2 Å². The van der Waals surface area contributed by atoms with Crippen LogP contribution in [0.3, 0.4) is 0 Å². The second-order valence-corrected chi connectivity index (χ2v) is 10.9. The normalized spacial score (nSPS) is 15.4. The lowest BCUT2D eigenvalue weighted by Gasteiger charge is -2.37. The molecule has 1 amide bonds. The van der Waals surface area contributed by atoms with Gasteiger partial charge in [0, 0.05) is 35.6 Å². The summed E-state index contributed by atoms with van der Waals surface area (Å²) < 4.78 is 62.1. The van der Waals surface area contributed by atoms with Crippen LogP contribution in [0.15, 0.2) is 42.5 Å².